The number of carbonyl (C=O) groups is 1. The maximum atomic E-state index is 10.8. The van der Waals surface area contributed by atoms with Gasteiger partial charge in [0.1, 0.15) is 0 Å². The lowest BCUT2D eigenvalue weighted by Gasteiger charge is -1.94. The van der Waals surface area contributed by atoms with Gasteiger partial charge in [0.15, 0.2) is 0 Å². The fourth-order valence-corrected chi connectivity index (χ4v) is 1.33. The van der Waals surface area contributed by atoms with Crippen molar-refractivity contribution >= 4 is 22.9 Å². The van der Waals surface area contributed by atoms with Crippen molar-refractivity contribution in [3.05, 3.63) is 22.7 Å². The first-order chi connectivity index (χ1) is 5.74. The van der Waals surface area contributed by atoms with Crippen molar-refractivity contribution in [2.45, 2.75) is 6.92 Å². The number of hydrogen-bond acceptors (Lipinski definition) is 4. The van der Waals surface area contributed by atoms with Gasteiger partial charge in [0.05, 0.1) is 18.3 Å². The normalized spacial score (nSPS) is 11.3. The molecule has 1 aromatic heterocycles. The summed E-state index contributed by atoms with van der Waals surface area (Å²) in [5.74, 6) is -0.347. The van der Waals surface area contributed by atoms with E-state index < -0.39 is 0 Å². The van der Waals surface area contributed by atoms with E-state index in [9.17, 15) is 4.79 Å². The lowest BCUT2D eigenvalue weighted by Crippen LogP contribution is -1.95. The molecule has 0 aliphatic heterocycles. The molecular weight excluding hydrogens is 174 g/mol. The summed E-state index contributed by atoms with van der Waals surface area (Å²) in [4.78, 5) is 14.8. The number of esters is 1. The monoisotopic (exact) mass is 183 g/mol. The minimum absolute atomic E-state index is 0.347. The molecule has 4 heteroatoms. The quantitative estimate of drug-likeness (QED) is 0.517. The molecule has 0 aromatic carbocycles. The Morgan fingerprint density at radius 3 is 3.00 bits per heavy atom. The predicted molar refractivity (Wildman–Crippen MR) is 47.8 cm³/mol. The zero-order valence-corrected chi connectivity index (χ0v) is 7.72. The highest BCUT2D eigenvalue weighted by Gasteiger charge is 2.00. The molecular formula is C8H9NO2S. The van der Waals surface area contributed by atoms with Crippen LogP contribution in [0.5, 0.6) is 0 Å². The third-order valence-corrected chi connectivity index (χ3v) is 1.96. The van der Waals surface area contributed by atoms with Crippen LogP contribution in [0.25, 0.3) is 5.57 Å². The van der Waals surface area contributed by atoms with Crippen LogP contribution in [0.2, 0.25) is 0 Å². The molecule has 1 heterocycles. The summed E-state index contributed by atoms with van der Waals surface area (Å²) in [6.07, 6.45) is 1.43. The highest BCUT2D eigenvalue weighted by molar-refractivity contribution is 7.07. The first kappa shape index (κ1) is 8.93. The Hall–Kier alpha value is -1.16. The molecule has 0 amide bonds. The number of carbonyl (C=O) groups excluding carboxylic acids is 1. The zero-order valence-electron chi connectivity index (χ0n) is 6.90. The molecule has 3 nitrogen and oxygen atoms in total. The van der Waals surface area contributed by atoms with E-state index in [4.69, 9.17) is 0 Å². The molecule has 0 unspecified atom stereocenters. The van der Waals surface area contributed by atoms with Crippen molar-refractivity contribution in [3.8, 4) is 0 Å². The minimum atomic E-state index is -0.347. The van der Waals surface area contributed by atoms with E-state index in [0.717, 1.165) is 11.3 Å². The topological polar surface area (TPSA) is 39.2 Å². The minimum Gasteiger partial charge on any atom is -0.466 e. The Bertz CT molecular complexity index is 290. The van der Waals surface area contributed by atoms with Crippen LogP contribution in [-0.4, -0.2) is 18.1 Å². The maximum absolute atomic E-state index is 10.8. The van der Waals surface area contributed by atoms with Gasteiger partial charge in [-0.1, -0.05) is 0 Å². The van der Waals surface area contributed by atoms with Gasteiger partial charge in [-0.25, -0.2) is 9.78 Å². The third kappa shape index (κ3) is 2.17. The highest BCUT2D eigenvalue weighted by Crippen LogP contribution is 2.12. The number of allylic oxidation sites excluding steroid dienone is 1. The van der Waals surface area contributed by atoms with Gasteiger partial charge in [0.2, 0.25) is 0 Å². The number of methoxy groups -OCH3 is 1. The van der Waals surface area contributed by atoms with Gasteiger partial charge >= 0.3 is 5.97 Å². The van der Waals surface area contributed by atoms with E-state index in [2.05, 4.69) is 9.72 Å². The van der Waals surface area contributed by atoms with Crippen LogP contribution >= 0.6 is 11.3 Å². The van der Waals surface area contributed by atoms with E-state index in [-0.39, 0.29) is 5.97 Å². The van der Waals surface area contributed by atoms with Crippen LogP contribution in [0.3, 0.4) is 0 Å². The Morgan fingerprint density at radius 1 is 1.75 bits per heavy atom. The molecule has 0 fully saturated rings. The van der Waals surface area contributed by atoms with Crippen molar-refractivity contribution in [3.63, 3.8) is 0 Å². The SMILES string of the molecule is COC(=O)/C=C(/C)c1cscn1. The Balaban J connectivity index is 2.77. The second kappa shape index (κ2) is 4.01. The van der Waals surface area contributed by atoms with Crippen LogP contribution in [-0.2, 0) is 9.53 Å². The van der Waals surface area contributed by atoms with Gasteiger partial charge in [-0.05, 0) is 12.5 Å². The molecule has 0 atom stereocenters. The number of aromatic nitrogens is 1. The third-order valence-electron chi connectivity index (χ3n) is 1.37. The zero-order chi connectivity index (χ0) is 8.97. The van der Waals surface area contributed by atoms with Crippen molar-refractivity contribution < 1.29 is 9.53 Å². The second-order valence-electron chi connectivity index (χ2n) is 2.22. The van der Waals surface area contributed by atoms with Crippen LogP contribution in [0.15, 0.2) is 17.0 Å². The van der Waals surface area contributed by atoms with Crippen molar-refractivity contribution in [1.82, 2.24) is 4.98 Å². The second-order valence-corrected chi connectivity index (χ2v) is 2.94. The van der Waals surface area contributed by atoms with E-state index in [1.165, 1.54) is 24.5 Å². The van der Waals surface area contributed by atoms with Crippen LogP contribution in [0.1, 0.15) is 12.6 Å². The van der Waals surface area contributed by atoms with E-state index in [1.807, 2.05) is 12.3 Å². The molecule has 0 saturated heterocycles. The molecule has 12 heavy (non-hydrogen) atoms. The Morgan fingerprint density at radius 2 is 2.50 bits per heavy atom. The first-order valence-corrected chi connectivity index (χ1v) is 4.33. The average molecular weight is 183 g/mol. The first-order valence-electron chi connectivity index (χ1n) is 3.39. The van der Waals surface area contributed by atoms with Crippen LogP contribution in [0.4, 0.5) is 0 Å². The lowest BCUT2D eigenvalue weighted by molar-refractivity contribution is -0.134. The average Bonchev–Trinajstić information content (AvgIpc) is 2.56. The lowest BCUT2D eigenvalue weighted by atomic mass is 10.2. The number of nitrogens with zero attached hydrogens (tertiary/aromatic N) is 1. The van der Waals surface area contributed by atoms with Crippen molar-refractivity contribution in [2.75, 3.05) is 7.11 Å². The predicted octanol–water partition coefficient (Wildman–Crippen LogP) is 1.72. The Labute approximate surface area is 74.7 Å². The molecule has 0 radical (unpaired) electrons. The number of hydrogen-bond donors (Lipinski definition) is 0. The fourth-order valence-electron chi connectivity index (χ4n) is 0.717. The molecule has 1 aromatic rings. The summed E-state index contributed by atoms with van der Waals surface area (Å²) in [7, 11) is 1.35. The summed E-state index contributed by atoms with van der Waals surface area (Å²) in [6, 6.07) is 0. The number of ether oxygens (including phenoxy) is 1. The van der Waals surface area contributed by atoms with Crippen LogP contribution < -0.4 is 0 Å². The summed E-state index contributed by atoms with van der Waals surface area (Å²) in [5.41, 5.74) is 3.37. The number of thiazole rings is 1. The molecule has 1 rings (SSSR count). The molecule has 0 N–H and O–H groups in total. The van der Waals surface area contributed by atoms with Gasteiger partial charge < -0.3 is 4.74 Å². The van der Waals surface area contributed by atoms with E-state index >= 15 is 0 Å². The maximum Gasteiger partial charge on any atom is 0.330 e. The van der Waals surface area contributed by atoms with E-state index in [0.29, 0.717) is 0 Å². The van der Waals surface area contributed by atoms with Gasteiger partial charge in [0.25, 0.3) is 0 Å². The summed E-state index contributed by atoms with van der Waals surface area (Å²) >= 11 is 1.50. The summed E-state index contributed by atoms with van der Waals surface area (Å²) < 4.78 is 4.48. The fraction of sp³-hybridized carbons (Fsp3) is 0.250. The molecule has 0 aliphatic carbocycles. The van der Waals surface area contributed by atoms with Crippen LogP contribution in [0, 0.1) is 0 Å². The highest BCUT2D eigenvalue weighted by atomic mass is 32.1. The van der Waals surface area contributed by atoms with Gasteiger partial charge in [-0.2, -0.15) is 0 Å². The molecule has 0 spiro atoms. The van der Waals surface area contributed by atoms with Gasteiger partial charge in [-0.3, -0.25) is 0 Å². The summed E-state index contributed by atoms with van der Waals surface area (Å²) in [6.45, 7) is 1.83. The molecule has 0 bridgehead atoms. The summed E-state index contributed by atoms with van der Waals surface area (Å²) in [5, 5.41) is 1.88. The standard InChI is InChI=1S/C8H9NO2S/c1-6(3-8(10)11-2)7-4-12-5-9-7/h3-5H,1-2H3/b6-3-. The Kier molecular flexibility index (Phi) is 2.99. The molecule has 0 saturated carbocycles. The van der Waals surface area contributed by atoms with Crippen molar-refractivity contribution in [2.24, 2.45) is 0 Å². The molecule has 0 aliphatic rings. The van der Waals surface area contributed by atoms with Gasteiger partial charge in [0, 0.05) is 11.5 Å². The molecule has 64 valence electrons. The largest absolute Gasteiger partial charge is 0.466 e. The van der Waals surface area contributed by atoms with Gasteiger partial charge in [-0.15, -0.1) is 11.3 Å². The van der Waals surface area contributed by atoms with Crippen molar-refractivity contribution in [1.29, 1.82) is 0 Å². The van der Waals surface area contributed by atoms with E-state index in [1.54, 1.807) is 5.51 Å². The smallest absolute Gasteiger partial charge is 0.330 e. The number of rotatable bonds is 2.